The second kappa shape index (κ2) is 4.16. The van der Waals surface area contributed by atoms with Gasteiger partial charge in [0.2, 0.25) is 0 Å². The number of carboxylic acids is 1. The molecule has 0 saturated heterocycles. The Hall–Kier alpha value is -1.22. The summed E-state index contributed by atoms with van der Waals surface area (Å²) in [4.78, 5) is 11.5. The predicted octanol–water partition coefficient (Wildman–Crippen LogP) is 3.39. The predicted molar refractivity (Wildman–Crippen MR) is 70.8 cm³/mol. The van der Waals surface area contributed by atoms with Crippen molar-refractivity contribution in [3.63, 3.8) is 0 Å². The Labute approximate surface area is 112 Å². The normalized spacial score (nSPS) is 16.5. The molecule has 1 N–H and O–H groups in total. The zero-order valence-corrected chi connectivity index (χ0v) is 11.8. The Kier molecular flexibility index (Phi) is 3.06. The van der Waals surface area contributed by atoms with Gasteiger partial charge in [0.1, 0.15) is 5.75 Å². The molecule has 0 spiro atoms. The zero-order valence-electron chi connectivity index (χ0n) is 11.1. The molecule has 0 heterocycles. The summed E-state index contributed by atoms with van der Waals surface area (Å²) < 4.78 is 5.31. The van der Waals surface area contributed by atoms with Crippen LogP contribution in [-0.4, -0.2) is 18.2 Å². The van der Waals surface area contributed by atoms with Gasteiger partial charge < -0.3 is 9.84 Å². The topological polar surface area (TPSA) is 46.5 Å². The van der Waals surface area contributed by atoms with E-state index in [1.807, 2.05) is 20.8 Å². The van der Waals surface area contributed by atoms with Gasteiger partial charge in [0.15, 0.2) is 0 Å². The Balaban J connectivity index is 2.74. The minimum Gasteiger partial charge on any atom is -0.495 e. The molecule has 0 atom stereocenters. The summed E-state index contributed by atoms with van der Waals surface area (Å²) in [5.74, 6) is -0.106. The maximum atomic E-state index is 11.5. The van der Waals surface area contributed by atoms with Crippen molar-refractivity contribution in [3.05, 3.63) is 27.3 Å². The van der Waals surface area contributed by atoms with E-state index in [1.165, 1.54) is 0 Å². The molecule has 18 heavy (non-hydrogen) atoms. The van der Waals surface area contributed by atoms with E-state index in [4.69, 9.17) is 16.3 Å². The van der Waals surface area contributed by atoms with Gasteiger partial charge in [-0.1, -0.05) is 11.6 Å². The van der Waals surface area contributed by atoms with Gasteiger partial charge in [0.25, 0.3) is 0 Å². The Morgan fingerprint density at radius 2 is 1.78 bits per heavy atom. The number of hydrogen-bond acceptors (Lipinski definition) is 2. The van der Waals surface area contributed by atoms with Crippen LogP contribution < -0.4 is 4.74 Å². The van der Waals surface area contributed by atoms with E-state index in [0.29, 0.717) is 23.6 Å². The fraction of sp³-hybridized carbons (Fsp3) is 0.500. The number of aliphatic carboxylic acids is 1. The summed E-state index contributed by atoms with van der Waals surface area (Å²) in [6.45, 7) is 5.73. The molecule has 1 aliphatic rings. The molecule has 0 radical (unpaired) electrons. The van der Waals surface area contributed by atoms with Gasteiger partial charge in [-0.2, -0.15) is 0 Å². The summed E-state index contributed by atoms with van der Waals surface area (Å²) in [6, 6.07) is 0. The monoisotopic (exact) mass is 268 g/mol. The first-order valence-electron chi connectivity index (χ1n) is 5.94. The van der Waals surface area contributed by atoms with Gasteiger partial charge in [-0.25, -0.2) is 0 Å². The minimum atomic E-state index is -0.755. The molecule has 0 unspecified atom stereocenters. The van der Waals surface area contributed by atoms with Crippen LogP contribution >= 0.6 is 11.6 Å². The third-order valence-corrected chi connectivity index (χ3v) is 4.48. The van der Waals surface area contributed by atoms with Crippen molar-refractivity contribution in [1.29, 1.82) is 0 Å². The molecule has 98 valence electrons. The van der Waals surface area contributed by atoms with Crippen LogP contribution in [0.5, 0.6) is 5.75 Å². The number of ether oxygens (including phenoxy) is 1. The lowest BCUT2D eigenvalue weighted by molar-refractivity contribution is -0.140. The van der Waals surface area contributed by atoms with Crippen LogP contribution in [0.4, 0.5) is 0 Å². The van der Waals surface area contributed by atoms with E-state index in [0.717, 1.165) is 22.3 Å². The molecular formula is C14H17ClO3. The largest absolute Gasteiger partial charge is 0.495 e. The van der Waals surface area contributed by atoms with Crippen LogP contribution in [0.2, 0.25) is 5.02 Å². The van der Waals surface area contributed by atoms with Crippen LogP contribution in [0.1, 0.15) is 35.1 Å². The van der Waals surface area contributed by atoms with Crippen LogP contribution in [0.15, 0.2) is 0 Å². The van der Waals surface area contributed by atoms with E-state index >= 15 is 0 Å². The molecule has 4 heteroatoms. The second-order valence-electron chi connectivity index (χ2n) is 4.98. The highest BCUT2D eigenvalue weighted by molar-refractivity contribution is 6.33. The van der Waals surface area contributed by atoms with Crippen LogP contribution in [-0.2, 0) is 10.2 Å². The fourth-order valence-electron chi connectivity index (χ4n) is 2.74. The number of carboxylic acid groups (broad SMARTS) is 1. The van der Waals surface area contributed by atoms with Crippen LogP contribution in [0.3, 0.4) is 0 Å². The smallest absolute Gasteiger partial charge is 0.314 e. The number of carbonyl (C=O) groups is 1. The number of hydrogen-bond donors (Lipinski definition) is 1. The fourth-order valence-corrected chi connectivity index (χ4v) is 3.05. The van der Waals surface area contributed by atoms with Crippen molar-refractivity contribution in [1.82, 2.24) is 0 Å². The minimum absolute atomic E-state index is 0.531. The van der Waals surface area contributed by atoms with E-state index < -0.39 is 11.4 Å². The van der Waals surface area contributed by atoms with E-state index in [9.17, 15) is 9.90 Å². The number of rotatable bonds is 3. The molecular weight excluding hydrogens is 252 g/mol. The molecule has 0 amide bonds. The van der Waals surface area contributed by atoms with E-state index in [-0.39, 0.29) is 0 Å². The summed E-state index contributed by atoms with van der Waals surface area (Å²) in [5, 5.41) is 9.97. The molecule has 1 aromatic rings. The summed E-state index contributed by atoms with van der Waals surface area (Å²) in [6.07, 6.45) is 1.37. The highest BCUT2D eigenvalue weighted by atomic mass is 35.5. The third-order valence-electron chi connectivity index (χ3n) is 4.02. The lowest BCUT2D eigenvalue weighted by Gasteiger charge is -2.22. The molecule has 2 rings (SSSR count). The lowest BCUT2D eigenvalue weighted by atomic mass is 9.85. The van der Waals surface area contributed by atoms with Crippen LogP contribution in [0.25, 0.3) is 0 Å². The third kappa shape index (κ3) is 1.61. The molecule has 0 bridgehead atoms. The van der Waals surface area contributed by atoms with Crippen molar-refractivity contribution < 1.29 is 14.6 Å². The van der Waals surface area contributed by atoms with Gasteiger partial charge in [0, 0.05) is 0 Å². The van der Waals surface area contributed by atoms with E-state index in [1.54, 1.807) is 7.11 Å². The first kappa shape index (κ1) is 13.2. The first-order valence-corrected chi connectivity index (χ1v) is 6.31. The highest BCUT2D eigenvalue weighted by Gasteiger charge is 2.53. The van der Waals surface area contributed by atoms with Crippen molar-refractivity contribution in [2.24, 2.45) is 0 Å². The van der Waals surface area contributed by atoms with E-state index in [2.05, 4.69) is 0 Å². The van der Waals surface area contributed by atoms with Gasteiger partial charge in [-0.05, 0) is 55.9 Å². The van der Waals surface area contributed by atoms with Crippen LogP contribution in [0, 0.1) is 20.8 Å². The van der Waals surface area contributed by atoms with Gasteiger partial charge in [-0.15, -0.1) is 0 Å². The summed E-state index contributed by atoms with van der Waals surface area (Å²) >= 11 is 6.30. The Bertz CT molecular complexity index is 501. The van der Waals surface area contributed by atoms with Crippen molar-refractivity contribution >= 4 is 17.6 Å². The van der Waals surface area contributed by atoms with Crippen molar-refractivity contribution in [3.8, 4) is 5.75 Å². The molecule has 1 aliphatic carbocycles. The number of benzene rings is 1. The Morgan fingerprint density at radius 3 is 2.17 bits per heavy atom. The number of methoxy groups -OCH3 is 1. The summed E-state index contributed by atoms with van der Waals surface area (Å²) in [7, 11) is 1.58. The summed E-state index contributed by atoms with van der Waals surface area (Å²) in [5.41, 5.74) is 2.88. The van der Waals surface area contributed by atoms with Crippen molar-refractivity contribution in [2.75, 3.05) is 7.11 Å². The quantitative estimate of drug-likeness (QED) is 0.914. The molecule has 0 aromatic heterocycles. The average molecular weight is 269 g/mol. The highest BCUT2D eigenvalue weighted by Crippen LogP contribution is 2.53. The standard InChI is InChI=1S/C14H17ClO3/c1-7-8(2)12(18-4)11(15)9(3)10(7)14(5-6-14)13(16)17/h5-6H2,1-4H3,(H,16,17). The maximum absolute atomic E-state index is 11.5. The van der Waals surface area contributed by atoms with Gasteiger partial charge in [-0.3, -0.25) is 4.79 Å². The SMILES string of the molecule is COc1c(C)c(C)c(C2(C(=O)O)CC2)c(C)c1Cl. The maximum Gasteiger partial charge on any atom is 0.314 e. The van der Waals surface area contributed by atoms with Gasteiger partial charge >= 0.3 is 5.97 Å². The molecule has 1 saturated carbocycles. The Morgan fingerprint density at radius 1 is 1.22 bits per heavy atom. The molecule has 3 nitrogen and oxygen atoms in total. The second-order valence-corrected chi connectivity index (χ2v) is 5.36. The van der Waals surface area contributed by atoms with Gasteiger partial charge in [0.05, 0.1) is 17.5 Å². The average Bonchev–Trinajstić information content (AvgIpc) is 3.09. The lowest BCUT2D eigenvalue weighted by Crippen LogP contribution is -2.23. The zero-order chi connectivity index (χ0) is 13.7. The molecule has 1 fully saturated rings. The molecule has 1 aromatic carbocycles. The number of halogens is 1. The molecule has 0 aliphatic heterocycles. The first-order chi connectivity index (χ1) is 8.36. The van der Waals surface area contributed by atoms with Crippen molar-refractivity contribution in [2.45, 2.75) is 39.0 Å².